The lowest BCUT2D eigenvalue weighted by Gasteiger charge is -2.35. The fourth-order valence-corrected chi connectivity index (χ4v) is 4.18. The molecule has 0 aliphatic carbocycles. The minimum Gasteiger partial charge on any atom is -0.336 e. The van der Waals surface area contributed by atoms with Crippen LogP contribution >= 0.6 is 0 Å². The zero-order valence-corrected chi connectivity index (χ0v) is 16.9. The predicted octanol–water partition coefficient (Wildman–Crippen LogP) is 4.68. The van der Waals surface area contributed by atoms with Crippen LogP contribution in [0.25, 0.3) is 11.5 Å². The number of nitrogens with zero attached hydrogens (tertiary/aromatic N) is 4. The molecule has 1 unspecified atom stereocenters. The molecule has 5 heteroatoms. The molecule has 3 aromatic rings. The van der Waals surface area contributed by atoms with E-state index in [1.54, 1.807) is 0 Å². The third-order valence-corrected chi connectivity index (χ3v) is 5.74. The highest BCUT2D eigenvalue weighted by Crippen LogP contribution is 2.28. The molecule has 4 rings (SSSR count). The molecule has 1 fully saturated rings. The lowest BCUT2D eigenvalue weighted by Crippen LogP contribution is -2.43. The van der Waals surface area contributed by atoms with Crippen molar-refractivity contribution in [3.8, 4) is 11.5 Å². The number of hydrogen-bond donors (Lipinski definition) is 0. The molecule has 2 aromatic heterocycles. The van der Waals surface area contributed by atoms with Gasteiger partial charge in [0.1, 0.15) is 5.56 Å². The van der Waals surface area contributed by atoms with Gasteiger partial charge >= 0.3 is 0 Å². The first-order chi connectivity index (χ1) is 13.6. The first-order valence-electron chi connectivity index (χ1n) is 10.2. The van der Waals surface area contributed by atoms with Gasteiger partial charge in [-0.3, -0.25) is 4.79 Å². The summed E-state index contributed by atoms with van der Waals surface area (Å²) in [5, 5.41) is 4.78. The second-order valence-corrected chi connectivity index (χ2v) is 7.68. The van der Waals surface area contributed by atoms with Crippen molar-refractivity contribution in [3.05, 3.63) is 65.6 Å². The zero-order valence-electron chi connectivity index (χ0n) is 16.9. The second-order valence-electron chi connectivity index (χ2n) is 7.68. The van der Waals surface area contributed by atoms with Crippen LogP contribution in [0.2, 0.25) is 0 Å². The first kappa shape index (κ1) is 18.5. The Bertz CT molecular complexity index is 953. The van der Waals surface area contributed by atoms with Gasteiger partial charge in [-0.05, 0) is 63.8 Å². The highest BCUT2D eigenvalue weighted by molar-refractivity contribution is 5.99. The monoisotopic (exact) mass is 376 g/mol. The quantitative estimate of drug-likeness (QED) is 0.663. The van der Waals surface area contributed by atoms with Crippen molar-refractivity contribution < 1.29 is 4.79 Å². The van der Waals surface area contributed by atoms with E-state index < -0.39 is 0 Å². The maximum atomic E-state index is 13.7. The smallest absolute Gasteiger partial charge is 0.259 e. The van der Waals surface area contributed by atoms with E-state index in [0.29, 0.717) is 11.6 Å². The zero-order chi connectivity index (χ0) is 19.7. The summed E-state index contributed by atoms with van der Waals surface area (Å²) in [6, 6.07) is 12.5. The Labute approximate surface area is 166 Å². The third-order valence-electron chi connectivity index (χ3n) is 5.74. The molecule has 0 radical (unpaired) electrons. The Morgan fingerprint density at radius 2 is 1.82 bits per heavy atom. The van der Waals surface area contributed by atoms with E-state index in [1.165, 1.54) is 12.0 Å². The molecule has 5 nitrogen and oxygen atoms in total. The summed E-state index contributed by atoms with van der Waals surface area (Å²) in [7, 11) is 0. The minimum absolute atomic E-state index is 0.103. The standard InChI is InChI=1S/C23H28N4O/c1-4-19-9-5-6-16-26(19)23(28)21-18(3)24-27(20-12-10-17(2)11-13-20)22(21)25-14-7-8-15-25/h7-8,10-15,19H,4-6,9,16H2,1-3H3. The molecule has 3 heterocycles. The topological polar surface area (TPSA) is 43.1 Å². The number of carbonyl (C=O) groups excluding carboxylic acids is 1. The maximum absolute atomic E-state index is 13.7. The van der Waals surface area contributed by atoms with Gasteiger partial charge in [0.15, 0.2) is 5.82 Å². The SMILES string of the molecule is CCC1CCCCN1C(=O)c1c(C)nn(-c2ccc(C)cc2)c1-n1cccc1. The average Bonchev–Trinajstić information content (AvgIpc) is 3.35. The van der Waals surface area contributed by atoms with Crippen molar-refractivity contribution >= 4 is 5.91 Å². The van der Waals surface area contributed by atoms with Crippen LogP contribution in [0.5, 0.6) is 0 Å². The van der Waals surface area contributed by atoms with Crippen LogP contribution in [0.1, 0.15) is 54.2 Å². The van der Waals surface area contributed by atoms with E-state index in [9.17, 15) is 4.79 Å². The van der Waals surface area contributed by atoms with Crippen molar-refractivity contribution in [1.82, 2.24) is 19.2 Å². The van der Waals surface area contributed by atoms with E-state index in [-0.39, 0.29) is 5.91 Å². The fraction of sp³-hybridized carbons (Fsp3) is 0.391. The Kier molecular flexibility index (Phi) is 5.07. The average molecular weight is 377 g/mol. The molecule has 1 aliphatic rings. The van der Waals surface area contributed by atoms with Crippen LogP contribution in [0.15, 0.2) is 48.8 Å². The van der Waals surface area contributed by atoms with E-state index in [1.807, 2.05) is 40.7 Å². The van der Waals surface area contributed by atoms with E-state index in [2.05, 4.69) is 43.0 Å². The molecule has 1 aliphatic heterocycles. The van der Waals surface area contributed by atoms with Gasteiger partial charge in [-0.15, -0.1) is 0 Å². The highest BCUT2D eigenvalue weighted by atomic mass is 16.2. The van der Waals surface area contributed by atoms with Gasteiger partial charge in [0, 0.05) is 25.0 Å². The number of carbonyl (C=O) groups is 1. The van der Waals surface area contributed by atoms with Crippen molar-refractivity contribution in [2.75, 3.05) is 6.54 Å². The van der Waals surface area contributed by atoms with Crippen molar-refractivity contribution in [3.63, 3.8) is 0 Å². The van der Waals surface area contributed by atoms with Crippen LogP contribution in [0.4, 0.5) is 0 Å². The molecule has 0 bridgehead atoms. The largest absolute Gasteiger partial charge is 0.336 e. The van der Waals surface area contributed by atoms with Crippen LogP contribution in [0, 0.1) is 13.8 Å². The van der Waals surface area contributed by atoms with Gasteiger partial charge in [-0.2, -0.15) is 5.10 Å². The molecule has 0 saturated carbocycles. The van der Waals surface area contributed by atoms with Crippen LogP contribution in [-0.2, 0) is 0 Å². The van der Waals surface area contributed by atoms with Gasteiger partial charge in [0.05, 0.1) is 11.4 Å². The number of aromatic nitrogens is 3. The van der Waals surface area contributed by atoms with Gasteiger partial charge in [0.25, 0.3) is 5.91 Å². The highest BCUT2D eigenvalue weighted by Gasteiger charge is 2.32. The maximum Gasteiger partial charge on any atom is 0.259 e. The summed E-state index contributed by atoms with van der Waals surface area (Å²) in [4.78, 5) is 15.7. The van der Waals surface area contributed by atoms with Gasteiger partial charge in [-0.25, -0.2) is 4.68 Å². The number of benzene rings is 1. The first-order valence-corrected chi connectivity index (χ1v) is 10.2. The summed E-state index contributed by atoms with van der Waals surface area (Å²) < 4.78 is 3.89. The van der Waals surface area contributed by atoms with Gasteiger partial charge in [0.2, 0.25) is 0 Å². The Hall–Kier alpha value is -2.82. The fourth-order valence-electron chi connectivity index (χ4n) is 4.18. The number of aryl methyl sites for hydroxylation is 2. The van der Waals surface area contributed by atoms with Crippen molar-refractivity contribution in [2.45, 2.75) is 52.5 Å². The summed E-state index contributed by atoms with van der Waals surface area (Å²) in [6.07, 6.45) is 8.32. The molecule has 146 valence electrons. The van der Waals surface area contributed by atoms with Gasteiger partial charge < -0.3 is 9.47 Å². The summed E-state index contributed by atoms with van der Waals surface area (Å²) in [6.45, 7) is 7.01. The normalized spacial score (nSPS) is 17.1. The molecule has 1 atom stereocenters. The van der Waals surface area contributed by atoms with E-state index in [4.69, 9.17) is 5.10 Å². The van der Waals surface area contributed by atoms with Crippen LogP contribution < -0.4 is 0 Å². The van der Waals surface area contributed by atoms with Crippen molar-refractivity contribution in [1.29, 1.82) is 0 Å². The van der Waals surface area contributed by atoms with Crippen molar-refractivity contribution in [2.24, 2.45) is 0 Å². The van der Waals surface area contributed by atoms with Crippen LogP contribution in [0.3, 0.4) is 0 Å². The molecule has 1 aromatic carbocycles. The predicted molar refractivity (Wildman–Crippen MR) is 111 cm³/mol. The number of piperidine rings is 1. The third kappa shape index (κ3) is 3.26. The van der Waals surface area contributed by atoms with E-state index >= 15 is 0 Å². The van der Waals surface area contributed by atoms with Crippen LogP contribution in [-0.4, -0.2) is 37.7 Å². The lowest BCUT2D eigenvalue weighted by molar-refractivity contribution is 0.0607. The summed E-state index contributed by atoms with van der Waals surface area (Å²) in [5.41, 5.74) is 3.64. The number of rotatable bonds is 4. The minimum atomic E-state index is 0.103. The number of likely N-dealkylation sites (tertiary alicyclic amines) is 1. The lowest BCUT2D eigenvalue weighted by atomic mass is 9.99. The van der Waals surface area contributed by atoms with Gasteiger partial charge in [-0.1, -0.05) is 24.6 Å². The Morgan fingerprint density at radius 3 is 2.50 bits per heavy atom. The Balaban J connectivity index is 1.85. The molecule has 0 N–H and O–H groups in total. The summed E-state index contributed by atoms with van der Waals surface area (Å²) in [5.74, 6) is 0.919. The Morgan fingerprint density at radius 1 is 1.11 bits per heavy atom. The molecule has 1 saturated heterocycles. The number of amides is 1. The molecular weight excluding hydrogens is 348 g/mol. The summed E-state index contributed by atoms with van der Waals surface area (Å²) >= 11 is 0. The number of hydrogen-bond acceptors (Lipinski definition) is 2. The van der Waals surface area contributed by atoms with E-state index in [0.717, 1.165) is 43.0 Å². The second kappa shape index (κ2) is 7.66. The molecule has 0 spiro atoms. The molecular formula is C23H28N4O. The molecule has 28 heavy (non-hydrogen) atoms. The molecule has 1 amide bonds.